The fourth-order valence-electron chi connectivity index (χ4n) is 2.17. The van der Waals surface area contributed by atoms with E-state index in [4.69, 9.17) is 13.9 Å². The van der Waals surface area contributed by atoms with Gasteiger partial charge in [0.25, 0.3) is 11.1 Å². The van der Waals surface area contributed by atoms with Gasteiger partial charge in [-0.2, -0.15) is 0 Å². The van der Waals surface area contributed by atoms with Crippen LogP contribution in [0.3, 0.4) is 0 Å². The summed E-state index contributed by atoms with van der Waals surface area (Å²) in [7, 11) is 0. The molecule has 0 spiro atoms. The predicted molar refractivity (Wildman–Crippen MR) is 83.4 cm³/mol. The van der Waals surface area contributed by atoms with Crippen LogP contribution < -0.4 is 9.47 Å². The molecule has 7 heteroatoms. The highest BCUT2D eigenvalue weighted by atomic mass is 32.2. The second-order valence-corrected chi connectivity index (χ2v) is 5.81. The lowest BCUT2D eigenvalue weighted by Gasteiger charge is -2.23. The summed E-state index contributed by atoms with van der Waals surface area (Å²) in [5.41, 5.74) is 0.962. The van der Waals surface area contributed by atoms with Gasteiger partial charge in [-0.15, -0.1) is 10.2 Å². The largest absolute Gasteiger partial charge is 0.485 e. The zero-order valence-corrected chi connectivity index (χ0v) is 12.9. The Hall–Kier alpha value is -2.54. The van der Waals surface area contributed by atoms with Gasteiger partial charge in [0.15, 0.2) is 11.5 Å². The Kier molecular flexibility index (Phi) is 3.85. The summed E-state index contributed by atoms with van der Waals surface area (Å²) in [4.78, 5) is 4.26. The maximum Gasteiger partial charge on any atom is 0.277 e. The number of ether oxygens (including phenoxy) is 2. The van der Waals surface area contributed by atoms with Crippen molar-refractivity contribution in [2.45, 2.75) is 17.1 Å². The van der Waals surface area contributed by atoms with E-state index in [-0.39, 0.29) is 6.10 Å². The monoisotopic (exact) mass is 327 g/mol. The average Bonchev–Trinajstić information content (AvgIpc) is 3.09. The third-order valence-corrected chi connectivity index (χ3v) is 4.13. The predicted octanol–water partition coefficient (Wildman–Crippen LogP) is 3.27. The normalized spacial score (nSPS) is 16.3. The average molecular weight is 327 g/mol. The van der Waals surface area contributed by atoms with E-state index in [9.17, 15) is 0 Å². The summed E-state index contributed by atoms with van der Waals surface area (Å²) in [6, 6.07) is 13.3. The molecule has 0 saturated carbocycles. The molecule has 0 saturated heterocycles. The molecule has 3 aromatic rings. The number of para-hydroxylation sites is 2. The minimum absolute atomic E-state index is 0.351. The van der Waals surface area contributed by atoms with Crippen molar-refractivity contribution in [3.05, 3.63) is 60.2 Å². The summed E-state index contributed by atoms with van der Waals surface area (Å²) < 4.78 is 17.2. The molecule has 0 amide bonds. The molecule has 0 radical (unpaired) electrons. The Morgan fingerprint density at radius 3 is 2.78 bits per heavy atom. The quantitative estimate of drug-likeness (QED) is 0.681. The molecule has 0 N–H and O–H groups in total. The first-order chi connectivity index (χ1) is 11.4. The van der Waals surface area contributed by atoms with Gasteiger partial charge in [0, 0.05) is 11.9 Å². The van der Waals surface area contributed by atoms with E-state index >= 15 is 0 Å². The van der Waals surface area contributed by atoms with Crippen molar-refractivity contribution in [3.63, 3.8) is 0 Å². The molecule has 1 atom stereocenters. The number of hydrogen-bond donors (Lipinski definition) is 0. The Labute approximate surface area is 136 Å². The maximum atomic E-state index is 5.85. The molecule has 1 aliphatic rings. The molecule has 0 unspecified atom stereocenters. The minimum Gasteiger partial charge on any atom is -0.485 e. The van der Waals surface area contributed by atoms with E-state index in [1.54, 1.807) is 6.20 Å². The van der Waals surface area contributed by atoms with Gasteiger partial charge in [-0.25, -0.2) is 0 Å². The molecule has 23 heavy (non-hydrogen) atoms. The molecule has 3 heterocycles. The molecule has 0 fully saturated rings. The molecule has 2 aromatic heterocycles. The van der Waals surface area contributed by atoms with Gasteiger partial charge in [-0.3, -0.25) is 4.98 Å². The summed E-state index contributed by atoms with van der Waals surface area (Å²) >= 11 is 1.44. The standard InChI is InChI=1S/C16H13N3O3S/c1-2-7-13-12(6-1)20-9-14(21-13)15-18-19-16(22-15)23-10-11-5-3-4-8-17-11/h1-8,14H,9-10H2/t14-/m1/s1. The number of fused-ring (bicyclic) bond motifs is 1. The van der Waals surface area contributed by atoms with Crippen LogP contribution in [0.5, 0.6) is 11.5 Å². The summed E-state index contributed by atoms with van der Waals surface area (Å²) in [5, 5.41) is 8.60. The van der Waals surface area contributed by atoms with Crippen LogP contribution in [0.4, 0.5) is 0 Å². The number of rotatable bonds is 4. The lowest BCUT2D eigenvalue weighted by Crippen LogP contribution is -2.21. The molecule has 6 nitrogen and oxygen atoms in total. The fourth-order valence-corrected chi connectivity index (χ4v) is 2.85. The Balaban J connectivity index is 1.42. The highest BCUT2D eigenvalue weighted by Gasteiger charge is 2.27. The van der Waals surface area contributed by atoms with Crippen LogP contribution in [0.15, 0.2) is 58.3 Å². The summed E-state index contributed by atoms with van der Waals surface area (Å²) in [5.74, 6) is 2.51. The van der Waals surface area contributed by atoms with Crippen molar-refractivity contribution in [2.24, 2.45) is 0 Å². The first-order valence-corrected chi connectivity index (χ1v) is 8.11. The number of nitrogens with zero attached hydrogens (tertiary/aromatic N) is 3. The van der Waals surface area contributed by atoms with Gasteiger partial charge in [0.2, 0.25) is 6.10 Å². The maximum absolute atomic E-state index is 5.85. The van der Waals surface area contributed by atoms with Gasteiger partial charge in [-0.1, -0.05) is 30.0 Å². The molecule has 0 aliphatic carbocycles. The van der Waals surface area contributed by atoms with E-state index < -0.39 is 0 Å². The van der Waals surface area contributed by atoms with Gasteiger partial charge < -0.3 is 13.9 Å². The van der Waals surface area contributed by atoms with E-state index in [0.717, 1.165) is 11.4 Å². The smallest absolute Gasteiger partial charge is 0.277 e. The van der Waals surface area contributed by atoms with Gasteiger partial charge in [-0.05, 0) is 24.3 Å². The van der Waals surface area contributed by atoms with Crippen molar-refractivity contribution < 1.29 is 13.9 Å². The first kappa shape index (κ1) is 14.1. The molecule has 4 rings (SSSR count). The molecule has 1 aromatic carbocycles. The van der Waals surface area contributed by atoms with Gasteiger partial charge in [0.05, 0.1) is 5.69 Å². The zero-order chi connectivity index (χ0) is 15.5. The van der Waals surface area contributed by atoms with Crippen LogP contribution in [0.1, 0.15) is 17.7 Å². The van der Waals surface area contributed by atoms with Crippen LogP contribution in [-0.2, 0) is 5.75 Å². The molecule has 0 bridgehead atoms. The lowest BCUT2D eigenvalue weighted by atomic mass is 10.2. The third-order valence-electron chi connectivity index (χ3n) is 3.28. The van der Waals surface area contributed by atoms with Gasteiger partial charge >= 0.3 is 0 Å². The SMILES string of the molecule is c1ccc(CSc2nnc([C@H]3COc4ccccc4O3)o2)nc1. The first-order valence-electron chi connectivity index (χ1n) is 7.13. The van der Waals surface area contributed by atoms with Crippen LogP contribution >= 0.6 is 11.8 Å². The summed E-state index contributed by atoms with van der Waals surface area (Å²) in [6.07, 6.45) is 1.38. The number of benzene rings is 1. The highest BCUT2D eigenvalue weighted by molar-refractivity contribution is 7.98. The van der Waals surface area contributed by atoms with Crippen LogP contribution in [0.2, 0.25) is 0 Å². The van der Waals surface area contributed by atoms with Crippen molar-refractivity contribution in [3.8, 4) is 11.5 Å². The second kappa shape index (κ2) is 6.29. The Morgan fingerprint density at radius 2 is 1.91 bits per heavy atom. The van der Waals surface area contributed by atoms with Crippen molar-refractivity contribution >= 4 is 11.8 Å². The van der Waals surface area contributed by atoms with Crippen molar-refractivity contribution in [1.82, 2.24) is 15.2 Å². The van der Waals surface area contributed by atoms with E-state index in [0.29, 0.717) is 29.2 Å². The van der Waals surface area contributed by atoms with Crippen molar-refractivity contribution in [1.29, 1.82) is 0 Å². The minimum atomic E-state index is -0.387. The molecular formula is C16H13N3O3S. The van der Waals surface area contributed by atoms with Crippen molar-refractivity contribution in [2.75, 3.05) is 6.61 Å². The molecular weight excluding hydrogens is 314 g/mol. The number of thioether (sulfide) groups is 1. The number of pyridine rings is 1. The summed E-state index contributed by atoms with van der Waals surface area (Å²) in [6.45, 7) is 0.351. The van der Waals surface area contributed by atoms with E-state index in [1.807, 2.05) is 42.5 Å². The molecule has 116 valence electrons. The van der Waals surface area contributed by atoms with Crippen LogP contribution in [-0.4, -0.2) is 21.8 Å². The fraction of sp³-hybridized carbons (Fsp3) is 0.188. The topological polar surface area (TPSA) is 70.3 Å². The van der Waals surface area contributed by atoms with E-state index in [2.05, 4.69) is 15.2 Å². The second-order valence-electron chi connectivity index (χ2n) is 4.88. The number of aromatic nitrogens is 3. The lowest BCUT2D eigenvalue weighted by molar-refractivity contribution is 0.0686. The highest BCUT2D eigenvalue weighted by Crippen LogP contribution is 2.36. The van der Waals surface area contributed by atoms with Crippen LogP contribution in [0.25, 0.3) is 0 Å². The number of hydrogen-bond acceptors (Lipinski definition) is 7. The van der Waals surface area contributed by atoms with Crippen LogP contribution in [0, 0.1) is 0 Å². The zero-order valence-electron chi connectivity index (χ0n) is 12.1. The Morgan fingerprint density at radius 1 is 1.04 bits per heavy atom. The van der Waals surface area contributed by atoms with E-state index in [1.165, 1.54) is 11.8 Å². The third kappa shape index (κ3) is 3.14. The Bertz CT molecular complexity index is 794. The molecule has 1 aliphatic heterocycles. The van der Waals surface area contributed by atoms with Gasteiger partial charge in [0.1, 0.15) is 6.61 Å².